The smallest absolute Gasteiger partial charge is 0.181 e. The molecule has 0 aliphatic carbocycles. The van der Waals surface area contributed by atoms with Gasteiger partial charge in [-0.3, -0.25) is 4.79 Å². The summed E-state index contributed by atoms with van der Waals surface area (Å²) in [6.07, 6.45) is 0.926. The maximum atomic E-state index is 11.2. The lowest BCUT2D eigenvalue weighted by atomic mass is 10.1. The quantitative estimate of drug-likeness (QED) is 0.594. The minimum absolute atomic E-state index is 0.131. The first-order chi connectivity index (χ1) is 5.25. The zero-order valence-electron chi connectivity index (χ0n) is 6.92. The highest BCUT2D eigenvalue weighted by Crippen LogP contribution is 2.00. The second kappa shape index (κ2) is 3.33. The Hall–Kier alpha value is -1.11. The van der Waals surface area contributed by atoms with Crippen LogP contribution >= 0.6 is 0 Å². The largest absolute Gasteiger partial charge is 0.290 e. The Morgan fingerprint density at radius 2 is 1.91 bits per heavy atom. The molecule has 1 nitrogen and oxygen atoms in total. The molecule has 0 fully saturated rings. The van der Waals surface area contributed by atoms with E-state index in [0.717, 1.165) is 17.5 Å². The highest BCUT2D eigenvalue weighted by atomic mass is 16.1. The predicted octanol–water partition coefficient (Wildman–Crippen LogP) is 1.92. The van der Waals surface area contributed by atoms with Crippen molar-refractivity contribution in [3.8, 4) is 0 Å². The molecule has 0 atom stereocenters. The molecule has 0 heterocycles. The van der Waals surface area contributed by atoms with Gasteiger partial charge in [0.2, 0.25) is 0 Å². The summed E-state index contributed by atoms with van der Waals surface area (Å²) in [4.78, 5) is 11.2. The van der Waals surface area contributed by atoms with Crippen molar-refractivity contribution in [2.45, 2.75) is 20.3 Å². The molecule has 0 radical (unpaired) electrons. The zero-order chi connectivity index (χ0) is 8.27. The van der Waals surface area contributed by atoms with E-state index in [2.05, 4.69) is 6.92 Å². The molecule has 1 aromatic rings. The van der Waals surface area contributed by atoms with Gasteiger partial charge in [-0.2, -0.15) is 0 Å². The van der Waals surface area contributed by atoms with Crippen LogP contribution in [0.4, 0.5) is 0 Å². The Morgan fingerprint density at radius 1 is 1.27 bits per heavy atom. The third kappa shape index (κ3) is 1.67. The molecule has 0 aliphatic heterocycles. The minimum atomic E-state index is 0.131. The Labute approximate surface area is 66.7 Å². The normalized spacial score (nSPS) is 9.64. The molecule has 0 aromatic heterocycles. The highest BCUT2D eigenvalue weighted by Gasteiger charge is 1.94. The summed E-state index contributed by atoms with van der Waals surface area (Å²) in [6, 6.07) is 7.30. The first-order valence-corrected chi connectivity index (χ1v) is 3.84. The SMILES string of the molecule is CCc1ccccc(=O)c1C. The van der Waals surface area contributed by atoms with Crippen LogP contribution in [0.2, 0.25) is 0 Å². The molecule has 58 valence electrons. The Morgan fingerprint density at radius 3 is 2.55 bits per heavy atom. The minimum Gasteiger partial charge on any atom is -0.290 e. The molecular formula is C10H12O. The van der Waals surface area contributed by atoms with Gasteiger partial charge >= 0.3 is 0 Å². The molecule has 1 rings (SSSR count). The van der Waals surface area contributed by atoms with Gasteiger partial charge in [0.1, 0.15) is 0 Å². The van der Waals surface area contributed by atoms with Crippen LogP contribution < -0.4 is 5.43 Å². The fourth-order valence-corrected chi connectivity index (χ4v) is 1.11. The number of hydrogen-bond acceptors (Lipinski definition) is 1. The van der Waals surface area contributed by atoms with Crippen LogP contribution in [0.25, 0.3) is 0 Å². The third-order valence-electron chi connectivity index (χ3n) is 1.89. The average molecular weight is 148 g/mol. The van der Waals surface area contributed by atoms with E-state index >= 15 is 0 Å². The maximum absolute atomic E-state index is 11.2. The van der Waals surface area contributed by atoms with Gasteiger partial charge in [-0.1, -0.05) is 25.1 Å². The van der Waals surface area contributed by atoms with E-state index in [1.807, 2.05) is 19.1 Å². The van der Waals surface area contributed by atoms with Crippen LogP contribution in [0.5, 0.6) is 0 Å². The van der Waals surface area contributed by atoms with E-state index in [1.54, 1.807) is 12.1 Å². The first kappa shape index (κ1) is 7.99. The van der Waals surface area contributed by atoms with E-state index in [9.17, 15) is 4.79 Å². The van der Waals surface area contributed by atoms with Gasteiger partial charge in [0, 0.05) is 0 Å². The van der Waals surface area contributed by atoms with Crippen LogP contribution in [-0.2, 0) is 6.42 Å². The van der Waals surface area contributed by atoms with Crippen molar-refractivity contribution in [1.82, 2.24) is 0 Å². The van der Waals surface area contributed by atoms with Gasteiger partial charge in [0.25, 0.3) is 0 Å². The Kier molecular flexibility index (Phi) is 2.42. The standard InChI is InChI=1S/C10H12O/c1-3-9-6-4-5-7-10(11)8(9)2/h4-7H,3H2,1-2H3. The van der Waals surface area contributed by atoms with Crippen LogP contribution in [-0.4, -0.2) is 0 Å². The van der Waals surface area contributed by atoms with Gasteiger partial charge in [0.05, 0.1) is 0 Å². The average Bonchev–Trinajstić information content (AvgIpc) is 2.16. The van der Waals surface area contributed by atoms with Crippen molar-refractivity contribution in [1.29, 1.82) is 0 Å². The molecule has 0 saturated carbocycles. The van der Waals surface area contributed by atoms with E-state index in [0.29, 0.717) is 0 Å². The summed E-state index contributed by atoms with van der Waals surface area (Å²) >= 11 is 0. The zero-order valence-corrected chi connectivity index (χ0v) is 6.92. The van der Waals surface area contributed by atoms with Crippen molar-refractivity contribution < 1.29 is 0 Å². The molecule has 1 aromatic carbocycles. The molecule has 0 unspecified atom stereocenters. The van der Waals surface area contributed by atoms with Crippen LogP contribution in [0, 0.1) is 6.92 Å². The Balaban J connectivity index is 3.42. The van der Waals surface area contributed by atoms with E-state index in [4.69, 9.17) is 0 Å². The van der Waals surface area contributed by atoms with Gasteiger partial charge in [-0.05, 0) is 30.5 Å². The lowest BCUT2D eigenvalue weighted by Crippen LogP contribution is -2.01. The molecule has 0 amide bonds. The number of hydrogen-bond donors (Lipinski definition) is 0. The third-order valence-corrected chi connectivity index (χ3v) is 1.89. The van der Waals surface area contributed by atoms with Crippen molar-refractivity contribution >= 4 is 0 Å². The van der Waals surface area contributed by atoms with Crippen molar-refractivity contribution in [2.24, 2.45) is 0 Å². The van der Waals surface area contributed by atoms with Crippen molar-refractivity contribution in [3.05, 3.63) is 45.6 Å². The van der Waals surface area contributed by atoms with Crippen LogP contribution in [0.15, 0.2) is 29.1 Å². The topological polar surface area (TPSA) is 17.1 Å². The molecule has 0 saturated heterocycles. The maximum Gasteiger partial charge on any atom is 0.181 e. The molecule has 0 spiro atoms. The first-order valence-electron chi connectivity index (χ1n) is 3.84. The molecule has 0 N–H and O–H groups in total. The second-order valence-corrected chi connectivity index (χ2v) is 2.59. The number of aryl methyl sites for hydroxylation is 1. The number of rotatable bonds is 1. The summed E-state index contributed by atoms with van der Waals surface area (Å²) in [5, 5.41) is 0. The molecule has 0 aliphatic rings. The Bertz CT molecular complexity index is 302. The van der Waals surface area contributed by atoms with Gasteiger partial charge in [-0.15, -0.1) is 0 Å². The molecule has 1 heteroatoms. The lowest BCUT2D eigenvalue weighted by Gasteiger charge is -1.93. The summed E-state index contributed by atoms with van der Waals surface area (Å²) in [7, 11) is 0. The van der Waals surface area contributed by atoms with Crippen LogP contribution in [0.3, 0.4) is 0 Å². The van der Waals surface area contributed by atoms with Gasteiger partial charge < -0.3 is 0 Å². The van der Waals surface area contributed by atoms with Crippen molar-refractivity contribution in [2.75, 3.05) is 0 Å². The van der Waals surface area contributed by atoms with E-state index in [-0.39, 0.29) is 5.43 Å². The van der Waals surface area contributed by atoms with E-state index < -0.39 is 0 Å². The van der Waals surface area contributed by atoms with Crippen molar-refractivity contribution in [3.63, 3.8) is 0 Å². The summed E-state index contributed by atoms with van der Waals surface area (Å²) in [5.41, 5.74) is 2.14. The monoisotopic (exact) mass is 148 g/mol. The van der Waals surface area contributed by atoms with Gasteiger partial charge in [-0.25, -0.2) is 0 Å². The summed E-state index contributed by atoms with van der Waals surface area (Å²) < 4.78 is 0. The molecular weight excluding hydrogens is 136 g/mol. The summed E-state index contributed by atoms with van der Waals surface area (Å²) in [6.45, 7) is 3.93. The second-order valence-electron chi connectivity index (χ2n) is 2.59. The van der Waals surface area contributed by atoms with Gasteiger partial charge in [0.15, 0.2) is 5.43 Å². The van der Waals surface area contributed by atoms with E-state index in [1.165, 1.54) is 0 Å². The molecule has 11 heavy (non-hydrogen) atoms. The fraction of sp³-hybridized carbons (Fsp3) is 0.300. The molecule has 0 bridgehead atoms. The predicted molar refractivity (Wildman–Crippen MR) is 46.8 cm³/mol. The fourth-order valence-electron chi connectivity index (χ4n) is 1.11. The van der Waals surface area contributed by atoms with Crippen LogP contribution in [0.1, 0.15) is 18.1 Å². The highest BCUT2D eigenvalue weighted by molar-refractivity contribution is 5.24. The lowest BCUT2D eigenvalue weighted by molar-refractivity contribution is 1.11. The summed E-state index contributed by atoms with van der Waals surface area (Å²) in [5.74, 6) is 0.